The Bertz CT molecular complexity index is 1100. The summed E-state index contributed by atoms with van der Waals surface area (Å²) >= 11 is 0. The van der Waals surface area contributed by atoms with Gasteiger partial charge in [0.1, 0.15) is 6.04 Å². The second-order valence-electron chi connectivity index (χ2n) is 8.12. The van der Waals surface area contributed by atoms with E-state index in [0.29, 0.717) is 24.8 Å². The number of nitrogens with one attached hydrogen (secondary N) is 1. The number of hydrogen-bond donors (Lipinski definition) is 2. The predicted molar refractivity (Wildman–Crippen MR) is 133 cm³/mol. The van der Waals surface area contributed by atoms with Gasteiger partial charge in [0.15, 0.2) is 0 Å². The molecule has 0 aliphatic carbocycles. The standard InChI is InChI=1S/C28H30N2O4/c1-2-19-30(26(31)24-17-10-16-23(20-24)22-14-7-4-8-15-22)28(34)29-25(27(32)33)18-9-13-21-11-5-3-6-12-21/h3-8,10-12,14-17,20,25H,2,9,13,18-19H2,1H3,(H,29,34)(H,32,33). The molecule has 176 valence electrons. The summed E-state index contributed by atoms with van der Waals surface area (Å²) < 4.78 is 0. The number of hydrogen-bond acceptors (Lipinski definition) is 3. The highest BCUT2D eigenvalue weighted by molar-refractivity contribution is 6.05. The Kier molecular flexibility index (Phi) is 8.97. The molecule has 0 saturated carbocycles. The first-order valence-electron chi connectivity index (χ1n) is 11.5. The number of aryl methyl sites for hydroxylation is 1. The van der Waals surface area contributed by atoms with Crippen molar-refractivity contribution in [3.8, 4) is 11.1 Å². The Morgan fingerprint density at radius 1 is 0.882 bits per heavy atom. The van der Waals surface area contributed by atoms with Gasteiger partial charge in [0.25, 0.3) is 5.91 Å². The van der Waals surface area contributed by atoms with Crippen molar-refractivity contribution in [1.82, 2.24) is 10.2 Å². The van der Waals surface area contributed by atoms with Crippen LogP contribution in [0.25, 0.3) is 11.1 Å². The Balaban J connectivity index is 1.69. The zero-order valence-corrected chi connectivity index (χ0v) is 19.3. The second kappa shape index (κ2) is 12.3. The number of urea groups is 1. The first-order valence-corrected chi connectivity index (χ1v) is 11.5. The first-order chi connectivity index (χ1) is 16.5. The summed E-state index contributed by atoms with van der Waals surface area (Å²) in [5.41, 5.74) is 3.32. The summed E-state index contributed by atoms with van der Waals surface area (Å²) in [5, 5.41) is 12.2. The van der Waals surface area contributed by atoms with Crippen LogP contribution in [0.15, 0.2) is 84.9 Å². The van der Waals surface area contributed by atoms with Crippen molar-refractivity contribution < 1.29 is 19.5 Å². The molecule has 3 aromatic carbocycles. The van der Waals surface area contributed by atoms with Crippen LogP contribution in [0, 0.1) is 0 Å². The lowest BCUT2D eigenvalue weighted by Gasteiger charge is -2.23. The van der Waals surface area contributed by atoms with E-state index in [2.05, 4.69) is 5.32 Å². The van der Waals surface area contributed by atoms with Gasteiger partial charge in [0.2, 0.25) is 0 Å². The quantitative estimate of drug-likeness (QED) is 0.426. The first kappa shape index (κ1) is 24.7. The molecule has 2 N–H and O–H groups in total. The molecular weight excluding hydrogens is 428 g/mol. The van der Waals surface area contributed by atoms with Crippen molar-refractivity contribution >= 4 is 17.9 Å². The van der Waals surface area contributed by atoms with Gasteiger partial charge in [-0.05, 0) is 54.5 Å². The molecule has 6 heteroatoms. The number of carbonyl (C=O) groups excluding carboxylic acids is 2. The van der Waals surface area contributed by atoms with Gasteiger partial charge in [0, 0.05) is 12.1 Å². The number of rotatable bonds is 10. The smallest absolute Gasteiger partial charge is 0.326 e. The highest BCUT2D eigenvalue weighted by Gasteiger charge is 2.27. The molecule has 3 amide bonds. The predicted octanol–water partition coefficient (Wildman–Crippen LogP) is 5.39. The minimum Gasteiger partial charge on any atom is -0.480 e. The number of carboxylic acid groups (broad SMARTS) is 1. The van der Waals surface area contributed by atoms with E-state index in [1.165, 1.54) is 0 Å². The molecule has 3 aromatic rings. The van der Waals surface area contributed by atoms with Crippen molar-refractivity contribution in [3.05, 3.63) is 96.1 Å². The number of carboxylic acids is 1. The lowest BCUT2D eigenvalue weighted by molar-refractivity contribution is -0.139. The van der Waals surface area contributed by atoms with Gasteiger partial charge in [-0.1, -0.05) is 79.7 Å². The van der Waals surface area contributed by atoms with Gasteiger partial charge in [-0.25, -0.2) is 9.59 Å². The average Bonchev–Trinajstić information content (AvgIpc) is 2.87. The van der Waals surface area contributed by atoms with Gasteiger partial charge in [-0.2, -0.15) is 0 Å². The van der Waals surface area contributed by atoms with Gasteiger partial charge in [0.05, 0.1) is 0 Å². The third-order valence-electron chi connectivity index (χ3n) is 5.55. The molecule has 1 unspecified atom stereocenters. The summed E-state index contributed by atoms with van der Waals surface area (Å²) in [6, 6.07) is 24.8. The number of carbonyl (C=O) groups is 3. The number of amides is 3. The SMILES string of the molecule is CCCN(C(=O)NC(CCCc1ccccc1)C(=O)O)C(=O)c1cccc(-c2ccccc2)c1. The fourth-order valence-electron chi connectivity index (χ4n) is 3.78. The van der Waals surface area contributed by atoms with Gasteiger partial charge in [-0.3, -0.25) is 9.69 Å². The average molecular weight is 459 g/mol. The highest BCUT2D eigenvalue weighted by atomic mass is 16.4. The molecule has 0 fully saturated rings. The fraction of sp³-hybridized carbons (Fsp3) is 0.250. The molecule has 0 radical (unpaired) electrons. The highest BCUT2D eigenvalue weighted by Crippen LogP contribution is 2.21. The van der Waals surface area contributed by atoms with E-state index in [4.69, 9.17) is 0 Å². The summed E-state index contributed by atoms with van der Waals surface area (Å²) in [7, 11) is 0. The van der Waals surface area contributed by atoms with E-state index in [1.54, 1.807) is 18.2 Å². The van der Waals surface area contributed by atoms with Gasteiger partial charge in [-0.15, -0.1) is 0 Å². The zero-order chi connectivity index (χ0) is 24.3. The maximum Gasteiger partial charge on any atom is 0.326 e. The van der Waals surface area contributed by atoms with Crippen molar-refractivity contribution in [2.75, 3.05) is 6.54 Å². The molecule has 0 aliphatic heterocycles. The van der Waals surface area contributed by atoms with E-state index in [1.807, 2.05) is 73.7 Å². The van der Waals surface area contributed by atoms with Crippen LogP contribution in [0.3, 0.4) is 0 Å². The lowest BCUT2D eigenvalue weighted by Crippen LogP contribution is -2.50. The number of nitrogens with zero attached hydrogens (tertiary/aromatic N) is 1. The molecule has 0 aromatic heterocycles. The maximum absolute atomic E-state index is 13.2. The molecule has 0 aliphatic rings. The van der Waals surface area contributed by atoms with E-state index in [-0.39, 0.29) is 13.0 Å². The summed E-state index contributed by atoms with van der Waals surface area (Å²) in [5.74, 6) is -1.57. The molecule has 0 bridgehead atoms. The van der Waals surface area contributed by atoms with Gasteiger partial charge >= 0.3 is 12.0 Å². The van der Waals surface area contributed by atoms with Crippen LogP contribution in [-0.4, -0.2) is 40.5 Å². The van der Waals surface area contributed by atoms with E-state index in [0.717, 1.165) is 21.6 Å². The van der Waals surface area contributed by atoms with Crippen molar-refractivity contribution in [3.63, 3.8) is 0 Å². The second-order valence-corrected chi connectivity index (χ2v) is 8.12. The Labute approximate surface area is 200 Å². The third-order valence-corrected chi connectivity index (χ3v) is 5.55. The summed E-state index contributed by atoms with van der Waals surface area (Å²) in [6.45, 7) is 2.05. The Morgan fingerprint density at radius 3 is 2.18 bits per heavy atom. The number of imide groups is 1. The zero-order valence-electron chi connectivity index (χ0n) is 19.3. The molecule has 0 spiro atoms. The van der Waals surface area contributed by atoms with Crippen molar-refractivity contribution in [2.24, 2.45) is 0 Å². The maximum atomic E-state index is 13.2. The van der Waals surface area contributed by atoms with Crippen LogP contribution >= 0.6 is 0 Å². The lowest BCUT2D eigenvalue weighted by atomic mass is 10.0. The van der Waals surface area contributed by atoms with Crippen LogP contribution in [0.4, 0.5) is 4.79 Å². The van der Waals surface area contributed by atoms with Gasteiger partial charge < -0.3 is 10.4 Å². The van der Waals surface area contributed by atoms with Crippen molar-refractivity contribution in [1.29, 1.82) is 0 Å². The summed E-state index contributed by atoms with van der Waals surface area (Å²) in [6.07, 6.45) is 2.14. The number of benzene rings is 3. The minimum absolute atomic E-state index is 0.191. The fourth-order valence-corrected chi connectivity index (χ4v) is 3.78. The molecule has 0 saturated heterocycles. The minimum atomic E-state index is -1.11. The molecule has 6 nitrogen and oxygen atoms in total. The topological polar surface area (TPSA) is 86.7 Å². The van der Waals surface area contributed by atoms with Crippen molar-refractivity contribution in [2.45, 2.75) is 38.6 Å². The normalized spacial score (nSPS) is 11.4. The molecule has 0 heterocycles. The largest absolute Gasteiger partial charge is 0.480 e. The molecule has 34 heavy (non-hydrogen) atoms. The van der Waals surface area contributed by atoms with Crippen LogP contribution in [0.1, 0.15) is 42.1 Å². The number of aliphatic carboxylic acids is 1. The van der Waals surface area contributed by atoms with Crippen LogP contribution in [0.2, 0.25) is 0 Å². The van der Waals surface area contributed by atoms with Crippen LogP contribution in [-0.2, 0) is 11.2 Å². The monoisotopic (exact) mass is 458 g/mol. The molecule has 1 atom stereocenters. The Morgan fingerprint density at radius 2 is 1.53 bits per heavy atom. The van der Waals surface area contributed by atoms with Crippen LogP contribution in [0.5, 0.6) is 0 Å². The van der Waals surface area contributed by atoms with E-state index >= 15 is 0 Å². The van der Waals surface area contributed by atoms with Crippen LogP contribution < -0.4 is 5.32 Å². The molecular formula is C28H30N2O4. The van der Waals surface area contributed by atoms with E-state index in [9.17, 15) is 19.5 Å². The molecule has 3 rings (SSSR count). The Hall–Kier alpha value is -3.93. The summed E-state index contributed by atoms with van der Waals surface area (Å²) in [4.78, 5) is 39.1. The van der Waals surface area contributed by atoms with E-state index < -0.39 is 23.9 Å². The third kappa shape index (κ3) is 6.78.